The van der Waals surface area contributed by atoms with Gasteiger partial charge in [-0.15, -0.1) is 11.3 Å². The molecule has 1 amide bonds. The molecule has 0 radical (unpaired) electrons. The fraction of sp³-hybridized carbons (Fsp3) is 0.214. The molecule has 0 saturated heterocycles. The average Bonchev–Trinajstić information content (AvgIpc) is 2.91. The Bertz CT molecular complexity index is 651. The van der Waals surface area contributed by atoms with Crippen LogP contribution in [0.4, 0.5) is 0 Å². The Morgan fingerprint density at radius 3 is 2.80 bits per heavy atom. The zero-order valence-corrected chi connectivity index (χ0v) is 14.3. The number of carbonyl (C=O) groups excluding carboxylic acids is 1. The number of halogens is 2. The zero-order chi connectivity index (χ0) is 14.3. The summed E-state index contributed by atoms with van der Waals surface area (Å²) >= 11 is 8.11. The standard InChI is InChI=1S/C14H11Br2NO2S/c15-9-6-11(20-13(9)16)14(19)17-12-8-4-2-1-3-7(8)5-10(12)18/h1-4,6,10,12,18H,5H2,(H,17,19)/t10-,12+/m1/s1. The van der Waals surface area contributed by atoms with Crippen molar-refractivity contribution in [1.82, 2.24) is 5.32 Å². The number of rotatable bonds is 2. The van der Waals surface area contributed by atoms with Crippen LogP contribution in [0.15, 0.2) is 38.6 Å². The van der Waals surface area contributed by atoms with Crippen molar-refractivity contribution in [3.05, 3.63) is 54.6 Å². The molecule has 6 heteroatoms. The van der Waals surface area contributed by atoms with Gasteiger partial charge in [0, 0.05) is 10.9 Å². The summed E-state index contributed by atoms with van der Waals surface area (Å²) in [7, 11) is 0. The highest BCUT2D eigenvalue weighted by Gasteiger charge is 2.32. The molecular weight excluding hydrogens is 406 g/mol. The molecule has 1 heterocycles. The molecule has 104 valence electrons. The van der Waals surface area contributed by atoms with Crippen LogP contribution >= 0.6 is 43.2 Å². The van der Waals surface area contributed by atoms with Crippen LogP contribution in [0.5, 0.6) is 0 Å². The number of nitrogens with one attached hydrogen (secondary N) is 1. The molecule has 0 spiro atoms. The Kier molecular flexibility index (Phi) is 3.99. The van der Waals surface area contributed by atoms with Gasteiger partial charge in [-0.1, -0.05) is 24.3 Å². The van der Waals surface area contributed by atoms with E-state index in [1.165, 1.54) is 11.3 Å². The third-order valence-corrected chi connectivity index (χ3v) is 6.61. The first-order valence-electron chi connectivity index (χ1n) is 6.08. The molecule has 2 aromatic rings. The van der Waals surface area contributed by atoms with Crippen LogP contribution in [0.2, 0.25) is 0 Å². The smallest absolute Gasteiger partial charge is 0.262 e. The van der Waals surface area contributed by atoms with Gasteiger partial charge in [0.05, 0.1) is 20.8 Å². The maximum absolute atomic E-state index is 12.3. The summed E-state index contributed by atoms with van der Waals surface area (Å²) in [4.78, 5) is 12.9. The number of carbonyl (C=O) groups is 1. The van der Waals surface area contributed by atoms with Crippen LogP contribution < -0.4 is 5.32 Å². The van der Waals surface area contributed by atoms with Crippen LogP contribution in [0.3, 0.4) is 0 Å². The molecular formula is C14H11Br2NO2S. The van der Waals surface area contributed by atoms with Gasteiger partial charge >= 0.3 is 0 Å². The minimum atomic E-state index is -0.566. The molecule has 20 heavy (non-hydrogen) atoms. The molecule has 0 aliphatic heterocycles. The first kappa shape index (κ1) is 14.3. The fourth-order valence-electron chi connectivity index (χ4n) is 2.42. The van der Waals surface area contributed by atoms with Gasteiger partial charge in [0.25, 0.3) is 5.91 Å². The van der Waals surface area contributed by atoms with E-state index >= 15 is 0 Å². The van der Waals surface area contributed by atoms with E-state index in [-0.39, 0.29) is 11.9 Å². The zero-order valence-electron chi connectivity index (χ0n) is 10.3. The van der Waals surface area contributed by atoms with Crippen molar-refractivity contribution >= 4 is 49.1 Å². The van der Waals surface area contributed by atoms with Crippen LogP contribution in [0, 0.1) is 0 Å². The number of hydrogen-bond acceptors (Lipinski definition) is 3. The molecule has 1 aromatic carbocycles. The predicted octanol–water partition coefficient (Wildman–Crippen LogP) is 3.66. The first-order chi connectivity index (χ1) is 9.56. The molecule has 3 nitrogen and oxygen atoms in total. The normalized spacial score (nSPS) is 20.8. The number of fused-ring (bicyclic) bond motifs is 1. The largest absolute Gasteiger partial charge is 0.390 e. The number of aliphatic hydroxyl groups is 1. The fourth-order valence-corrected chi connectivity index (χ4v) is 4.36. The van der Waals surface area contributed by atoms with Crippen molar-refractivity contribution in [3.8, 4) is 0 Å². The van der Waals surface area contributed by atoms with Gasteiger partial charge in [-0.2, -0.15) is 0 Å². The highest BCUT2D eigenvalue weighted by molar-refractivity contribution is 9.13. The van der Waals surface area contributed by atoms with E-state index < -0.39 is 6.10 Å². The van der Waals surface area contributed by atoms with Gasteiger partial charge < -0.3 is 10.4 Å². The summed E-state index contributed by atoms with van der Waals surface area (Å²) in [6.07, 6.45) is 0.0158. The SMILES string of the molecule is O=C(N[C@H]1c2ccccc2C[C@H]1O)c1cc(Br)c(Br)s1. The van der Waals surface area contributed by atoms with E-state index in [9.17, 15) is 9.90 Å². The van der Waals surface area contributed by atoms with E-state index in [4.69, 9.17) is 0 Å². The van der Waals surface area contributed by atoms with E-state index in [1.54, 1.807) is 6.07 Å². The molecule has 0 saturated carbocycles. The van der Waals surface area contributed by atoms with Crippen molar-refractivity contribution in [3.63, 3.8) is 0 Å². The Morgan fingerprint density at radius 1 is 1.35 bits per heavy atom. The Morgan fingerprint density at radius 2 is 2.10 bits per heavy atom. The molecule has 0 fully saturated rings. The number of hydrogen-bond donors (Lipinski definition) is 2. The molecule has 2 atom stereocenters. The maximum atomic E-state index is 12.3. The highest BCUT2D eigenvalue weighted by Crippen LogP contribution is 2.34. The second-order valence-electron chi connectivity index (χ2n) is 4.65. The first-order valence-corrected chi connectivity index (χ1v) is 8.48. The van der Waals surface area contributed by atoms with Crippen molar-refractivity contribution in [2.24, 2.45) is 0 Å². The number of amides is 1. The van der Waals surface area contributed by atoms with Crippen molar-refractivity contribution in [2.75, 3.05) is 0 Å². The molecule has 0 unspecified atom stereocenters. The summed E-state index contributed by atoms with van der Waals surface area (Å²) in [5.41, 5.74) is 2.10. The second kappa shape index (κ2) is 5.60. The van der Waals surface area contributed by atoms with E-state index in [1.807, 2.05) is 24.3 Å². The molecule has 0 bridgehead atoms. The minimum absolute atomic E-state index is 0.165. The third kappa shape index (κ3) is 2.57. The van der Waals surface area contributed by atoms with Crippen LogP contribution in [-0.4, -0.2) is 17.1 Å². The van der Waals surface area contributed by atoms with Gasteiger partial charge in [0.2, 0.25) is 0 Å². The topological polar surface area (TPSA) is 49.3 Å². The quantitative estimate of drug-likeness (QED) is 0.784. The molecule has 2 N–H and O–H groups in total. The summed E-state index contributed by atoms with van der Waals surface area (Å²) in [6.45, 7) is 0. The number of benzene rings is 1. The summed E-state index contributed by atoms with van der Waals surface area (Å²) < 4.78 is 1.75. The van der Waals surface area contributed by atoms with E-state index in [0.717, 1.165) is 19.4 Å². The van der Waals surface area contributed by atoms with Gasteiger partial charge in [-0.3, -0.25) is 4.79 Å². The predicted molar refractivity (Wildman–Crippen MR) is 86.1 cm³/mol. The van der Waals surface area contributed by atoms with Gasteiger partial charge in [-0.25, -0.2) is 0 Å². The van der Waals surface area contributed by atoms with Crippen molar-refractivity contribution in [1.29, 1.82) is 0 Å². The monoisotopic (exact) mass is 415 g/mol. The van der Waals surface area contributed by atoms with Crippen molar-refractivity contribution in [2.45, 2.75) is 18.6 Å². The summed E-state index contributed by atoms with van der Waals surface area (Å²) in [6, 6.07) is 9.26. The molecule has 1 aliphatic rings. The van der Waals surface area contributed by atoms with Gasteiger partial charge in [-0.05, 0) is 49.1 Å². The van der Waals surface area contributed by atoms with E-state index in [2.05, 4.69) is 37.2 Å². The Labute approximate surface area is 137 Å². The second-order valence-corrected chi connectivity index (χ2v) is 7.88. The minimum Gasteiger partial charge on any atom is -0.390 e. The highest BCUT2D eigenvalue weighted by atomic mass is 79.9. The average molecular weight is 417 g/mol. The molecule has 1 aromatic heterocycles. The summed E-state index contributed by atoms with van der Waals surface area (Å²) in [5.74, 6) is -0.165. The third-order valence-electron chi connectivity index (χ3n) is 3.36. The maximum Gasteiger partial charge on any atom is 0.262 e. The molecule has 1 aliphatic carbocycles. The van der Waals surface area contributed by atoms with Crippen LogP contribution in [0.25, 0.3) is 0 Å². The lowest BCUT2D eigenvalue weighted by atomic mass is 10.1. The van der Waals surface area contributed by atoms with Crippen LogP contribution in [0.1, 0.15) is 26.8 Å². The van der Waals surface area contributed by atoms with Crippen molar-refractivity contribution < 1.29 is 9.90 Å². The van der Waals surface area contributed by atoms with E-state index in [0.29, 0.717) is 11.3 Å². The number of aliphatic hydroxyl groups excluding tert-OH is 1. The van der Waals surface area contributed by atoms with Crippen LogP contribution in [-0.2, 0) is 6.42 Å². The van der Waals surface area contributed by atoms with Gasteiger partial charge in [0.15, 0.2) is 0 Å². The Hall–Kier alpha value is -0.690. The number of thiophene rings is 1. The lowest BCUT2D eigenvalue weighted by Crippen LogP contribution is -2.33. The van der Waals surface area contributed by atoms with Gasteiger partial charge in [0.1, 0.15) is 0 Å². The lowest BCUT2D eigenvalue weighted by Gasteiger charge is -2.17. The lowest BCUT2D eigenvalue weighted by molar-refractivity contribution is 0.0862. The Balaban J connectivity index is 1.83. The molecule has 3 rings (SSSR count). The summed E-state index contributed by atoms with van der Waals surface area (Å²) in [5, 5.41) is 13.1.